The lowest BCUT2D eigenvalue weighted by atomic mass is 10.2. The van der Waals surface area contributed by atoms with Crippen molar-refractivity contribution in [2.75, 3.05) is 38.8 Å². The largest absolute Gasteiger partial charge is 0.486 e. The molecule has 1 aromatic carbocycles. The van der Waals surface area contributed by atoms with Crippen LogP contribution in [-0.4, -0.2) is 50.8 Å². The molecule has 0 saturated carbocycles. The van der Waals surface area contributed by atoms with Crippen molar-refractivity contribution in [3.05, 3.63) is 24.3 Å². The van der Waals surface area contributed by atoms with Gasteiger partial charge in [-0.05, 0) is 18.4 Å². The van der Waals surface area contributed by atoms with E-state index in [4.69, 9.17) is 9.47 Å². The summed E-state index contributed by atoms with van der Waals surface area (Å²) < 4.78 is 11.5. The van der Waals surface area contributed by atoms with Crippen LogP contribution in [0.4, 0.5) is 0 Å². The van der Waals surface area contributed by atoms with E-state index in [1.165, 1.54) is 0 Å². The van der Waals surface area contributed by atoms with Crippen LogP contribution in [-0.2, 0) is 0 Å². The lowest BCUT2D eigenvalue weighted by Crippen LogP contribution is -2.45. The molecule has 2 rings (SSSR count). The first-order chi connectivity index (χ1) is 9.83. The molecule has 0 aliphatic carbocycles. The minimum absolute atomic E-state index is 0. The molecule has 21 heavy (non-hydrogen) atoms. The van der Waals surface area contributed by atoms with Gasteiger partial charge in [0.2, 0.25) is 0 Å². The van der Waals surface area contributed by atoms with Crippen LogP contribution in [0.25, 0.3) is 0 Å². The predicted octanol–water partition coefficient (Wildman–Crippen LogP) is 1.97. The number of nitrogens with zero attached hydrogens (tertiary/aromatic N) is 1. The molecule has 118 valence electrons. The van der Waals surface area contributed by atoms with Gasteiger partial charge in [-0.2, -0.15) is 11.8 Å². The average molecular weight is 423 g/mol. The number of thioether (sulfide) groups is 1. The Hall–Kier alpha value is -0.830. The van der Waals surface area contributed by atoms with Crippen LogP contribution in [0.5, 0.6) is 11.5 Å². The molecule has 2 N–H and O–H groups in total. The summed E-state index contributed by atoms with van der Waals surface area (Å²) in [5.74, 6) is 3.46. The van der Waals surface area contributed by atoms with Crippen LogP contribution in [0.15, 0.2) is 29.3 Å². The second-order valence-corrected chi connectivity index (χ2v) is 5.36. The van der Waals surface area contributed by atoms with Crippen LogP contribution in [0.2, 0.25) is 0 Å². The average Bonchev–Trinajstić information content (AvgIpc) is 2.50. The third-order valence-corrected chi connectivity index (χ3v) is 3.50. The maximum Gasteiger partial charge on any atom is 0.191 e. The van der Waals surface area contributed by atoms with Crippen LogP contribution in [0.1, 0.15) is 0 Å². The van der Waals surface area contributed by atoms with Crippen molar-refractivity contribution in [3.8, 4) is 11.5 Å². The first-order valence-corrected chi connectivity index (χ1v) is 8.05. The maximum atomic E-state index is 5.88. The van der Waals surface area contributed by atoms with Gasteiger partial charge in [-0.25, -0.2) is 0 Å². The third kappa shape index (κ3) is 5.82. The summed E-state index contributed by atoms with van der Waals surface area (Å²) in [6, 6.07) is 7.73. The minimum Gasteiger partial charge on any atom is -0.486 e. The number of halogens is 1. The SMILES string of the molecule is CN=C(NCCSC)NCC1COc2ccccc2O1.I. The van der Waals surface area contributed by atoms with Gasteiger partial charge in [-0.15, -0.1) is 24.0 Å². The predicted molar refractivity (Wildman–Crippen MR) is 99.5 cm³/mol. The molecular weight excluding hydrogens is 401 g/mol. The molecule has 0 bridgehead atoms. The van der Waals surface area contributed by atoms with Crippen molar-refractivity contribution >= 4 is 41.7 Å². The normalized spacial score (nSPS) is 16.9. The first-order valence-electron chi connectivity index (χ1n) is 6.65. The Bertz CT molecular complexity index is 460. The van der Waals surface area contributed by atoms with Gasteiger partial charge in [0.05, 0.1) is 6.54 Å². The number of nitrogens with one attached hydrogen (secondary N) is 2. The highest BCUT2D eigenvalue weighted by Gasteiger charge is 2.20. The Morgan fingerprint density at radius 3 is 2.81 bits per heavy atom. The number of aliphatic imine (C=N–C) groups is 1. The fourth-order valence-corrected chi connectivity index (χ4v) is 2.17. The molecule has 1 unspecified atom stereocenters. The van der Waals surface area contributed by atoms with Crippen molar-refractivity contribution in [1.82, 2.24) is 10.6 Å². The summed E-state index contributed by atoms with van der Waals surface area (Å²) in [7, 11) is 1.77. The van der Waals surface area contributed by atoms with Crippen LogP contribution in [0.3, 0.4) is 0 Å². The van der Waals surface area contributed by atoms with Crippen molar-refractivity contribution in [1.29, 1.82) is 0 Å². The highest BCUT2D eigenvalue weighted by Crippen LogP contribution is 2.30. The fourth-order valence-electron chi connectivity index (χ4n) is 1.87. The Morgan fingerprint density at radius 1 is 1.33 bits per heavy atom. The monoisotopic (exact) mass is 423 g/mol. The molecule has 1 aliphatic rings. The van der Waals surface area contributed by atoms with E-state index in [0.29, 0.717) is 13.2 Å². The number of hydrogen-bond acceptors (Lipinski definition) is 4. The van der Waals surface area contributed by atoms with Gasteiger partial charge in [-0.3, -0.25) is 4.99 Å². The molecular formula is C14H22IN3O2S. The molecule has 7 heteroatoms. The van der Waals surface area contributed by atoms with Gasteiger partial charge in [0.1, 0.15) is 12.7 Å². The summed E-state index contributed by atoms with van der Waals surface area (Å²) in [5, 5.41) is 6.50. The van der Waals surface area contributed by atoms with Crippen LogP contribution in [0, 0.1) is 0 Å². The zero-order valence-corrected chi connectivity index (χ0v) is 15.4. The zero-order chi connectivity index (χ0) is 14.2. The van der Waals surface area contributed by atoms with E-state index in [0.717, 1.165) is 29.8 Å². The molecule has 0 spiro atoms. The molecule has 0 saturated heterocycles. The zero-order valence-electron chi connectivity index (χ0n) is 12.3. The topological polar surface area (TPSA) is 54.9 Å². The van der Waals surface area contributed by atoms with Gasteiger partial charge in [0, 0.05) is 19.3 Å². The Labute approximate surface area is 147 Å². The number of rotatable bonds is 5. The van der Waals surface area contributed by atoms with Gasteiger partial charge in [-0.1, -0.05) is 12.1 Å². The molecule has 0 fully saturated rings. The fraction of sp³-hybridized carbons (Fsp3) is 0.500. The lowest BCUT2D eigenvalue weighted by molar-refractivity contribution is 0.0936. The van der Waals surface area contributed by atoms with E-state index in [2.05, 4.69) is 21.9 Å². The standard InChI is InChI=1S/C14H21N3O2S.HI/c1-15-14(16-7-8-20-2)17-9-11-10-18-12-5-3-4-6-13(12)19-11;/h3-6,11H,7-10H2,1-2H3,(H2,15,16,17);1H. The highest BCUT2D eigenvalue weighted by molar-refractivity contribution is 14.0. The second-order valence-electron chi connectivity index (χ2n) is 4.37. The number of benzene rings is 1. The van der Waals surface area contributed by atoms with Crippen molar-refractivity contribution in [2.24, 2.45) is 4.99 Å². The van der Waals surface area contributed by atoms with Gasteiger partial charge >= 0.3 is 0 Å². The van der Waals surface area contributed by atoms with E-state index in [-0.39, 0.29) is 30.1 Å². The molecule has 1 aromatic rings. The summed E-state index contributed by atoms with van der Waals surface area (Å²) in [4.78, 5) is 4.18. The molecule has 1 aliphatic heterocycles. The lowest BCUT2D eigenvalue weighted by Gasteiger charge is -2.27. The molecule has 1 heterocycles. The quantitative estimate of drug-likeness (QED) is 0.328. The van der Waals surface area contributed by atoms with Crippen molar-refractivity contribution in [3.63, 3.8) is 0 Å². The Balaban J connectivity index is 0.00000220. The van der Waals surface area contributed by atoms with Crippen LogP contribution < -0.4 is 20.1 Å². The first kappa shape index (κ1) is 18.2. The van der Waals surface area contributed by atoms with Crippen molar-refractivity contribution < 1.29 is 9.47 Å². The Morgan fingerprint density at radius 2 is 2.10 bits per heavy atom. The smallest absolute Gasteiger partial charge is 0.191 e. The number of para-hydroxylation sites is 2. The summed E-state index contributed by atoms with van der Waals surface area (Å²) in [5.41, 5.74) is 0. The van der Waals surface area contributed by atoms with Gasteiger partial charge in [0.25, 0.3) is 0 Å². The minimum atomic E-state index is -0.0102. The number of guanidine groups is 1. The molecule has 0 radical (unpaired) electrons. The van der Waals surface area contributed by atoms with Crippen molar-refractivity contribution in [2.45, 2.75) is 6.10 Å². The molecule has 1 atom stereocenters. The van der Waals surface area contributed by atoms with E-state index < -0.39 is 0 Å². The van der Waals surface area contributed by atoms with Gasteiger partial charge < -0.3 is 20.1 Å². The molecule has 5 nitrogen and oxygen atoms in total. The summed E-state index contributed by atoms with van der Waals surface area (Å²) >= 11 is 1.80. The number of hydrogen-bond donors (Lipinski definition) is 2. The van der Waals surface area contributed by atoms with Gasteiger partial charge in [0.15, 0.2) is 17.5 Å². The van der Waals surface area contributed by atoms with E-state index in [1.54, 1.807) is 18.8 Å². The number of fused-ring (bicyclic) bond motifs is 1. The second kappa shape index (κ2) is 9.99. The number of ether oxygens (including phenoxy) is 2. The highest BCUT2D eigenvalue weighted by atomic mass is 127. The summed E-state index contributed by atoms with van der Waals surface area (Å²) in [6.07, 6.45) is 2.08. The Kier molecular flexibility index (Phi) is 8.67. The molecule has 0 aromatic heterocycles. The van der Waals surface area contributed by atoms with E-state index in [9.17, 15) is 0 Å². The third-order valence-electron chi connectivity index (χ3n) is 2.89. The van der Waals surface area contributed by atoms with Crippen LogP contribution >= 0.6 is 35.7 Å². The van der Waals surface area contributed by atoms with E-state index in [1.807, 2.05) is 24.3 Å². The molecule has 0 amide bonds. The maximum absolute atomic E-state index is 5.88. The van der Waals surface area contributed by atoms with E-state index >= 15 is 0 Å². The summed E-state index contributed by atoms with van der Waals surface area (Å²) in [6.45, 7) is 2.10.